The average Bonchev–Trinajstić information content (AvgIpc) is 3.10. The highest BCUT2D eigenvalue weighted by atomic mass is 16.7. The van der Waals surface area contributed by atoms with Crippen LogP contribution in [-0.2, 0) is 6.61 Å². The summed E-state index contributed by atoms with van der Waals surface area (Å²) >= 11 is 0. The Kier molecular flexibility index (Phi) is 2.62. The Balaban J connectivity index is 1.88. The predicted octanol–water partition coefficient (Wildman–Crippen LogP) is 2.53. The fourth-order valence-electron chi connectivity index (χ4n) is 2.63. The van der Waals surface area contributed by atoms with Gasteiger partial charge in [-0.05, 0) is 42.8 Å². The van der Waals surface area contributed by atoms with Crippen LogP contribution in [0.3, 0.4) is 0 Å². The van der Waals surface area contributed by atoms with Gasteiger partial charge in [-0.15, -0.1) is 0 Å². The molecule has 0 amide bonds. The summed E-state index contributed by atoms with van der Waals surface area (Å²) in [7, 11) is 0. The molecule has 1 aliphatic rings. The molecule has 5 nitrogen and oxygen atoms in total. The first kappa shape index (κ1) is 12.2. The van der Waals surface area contributed by atoms with Crippen LogP contribution >= 0.6 is 0 Å². The number of nitrogens with zero attached hydrogens (tertiary/aromatic N) is 2. The van der Waals surface area contributed by atoms with Gasteiger partial charge in [0, 0.05) is 17.5 Å². The Morgan fingerprint density at radius 3 is 2.90 bits per heavy atom. The smallest absolute Gasteiger partial charge is 0.231 e. The molecule has 0 bridgehead atoms. The van der Waals surface area contributed by atoms with E-state index in [1.54, 1.807) is 0 Å². The van der Waals surface area contributed by atoms with Gasteiger partial charge in [0.2, 0.25) is 6.79 Å². The van der Waals surface area contributed by atoms with Crippen LogP contribution in [0.25, 0.3) is 16.9 Å². The highest BCUT2D eigenvalue weighted by Gasteiger charge is 2.17. The van der Waals surface area contributed by atoms with Crippen LogP contribution in [0.15, 0.2) is 36.5 Å². The first-order chi connectivity index (χ1) is 10.3. The molecule has 21 heavy (non-hydrogen) atoms. The van der Waals surface area contributed by atoms with Gasteiger partial charge in [0.1, 0.15) is 5.65 Å². The summed E-state index contributed by atoms with van der Waals surface area (Å²) in [5.74, 6) is 1.52. The second-order valence-corrected chi connectivity index (χ2v) is 5.04. The van der Waals surface area contributed by atoms with Gasteiger partial charge >= 0.3 is 0 Å². The minimum atomic E-state index is 0.0156. The first-order valence-electron chi connectivity index (χ1n) is 6.75. The molecule has 106 valence electrons. The van der Waals surface area contributed by atoms with Crippen LogP contribution < -0.4 is 9.47 Å². The molecule has 0 atom stereocenters. The van der Waals surface area contributed by atoms with Crippen molar-refractivity contribution in [2.45, 2.75) is 13.5 Å². The number of rotatable bonds is 2. The number of fused-ring (bicyclic) bond motifs is 2. The minimum Gasteiger partial charge on any atom is -0.454 e. The SMILES string of the molecule is Cc1c(-c2ccc3c(c2)OCO3)nc2cc(CO)ccn12. The Morgan fingerprint density at radius 2 is 2.05 bits per heavy atom. The van der Waals surface area contributed by atoms with Crippen molar-refractivity contribution in [1.82, 2.24) is 9.38 Å². The Labute approximate surface area is 121 Å². The van der Waals surface area contributed by atoms with Crippen molar-refractivity contribution in [1.29, 1.82) is 0 Å². The average molecular weight is 282 g/mol. The van der Waals surface area contributed by atoms with Crippen LogP contribution in [0.4, 0.5) is 0 Å². The lowest BCUT2D eigenvalue weighted by molar-refractivity contribution is 0.174. The molecule has 0 fully saturated rings. The van der Waals surface area contributed by atoms with Gasteiger partial charge in [0.05, 0.1) is 12.3 Å². The number of pyridine rings is 1. The highest BCUT2D eigenvalue weighted by molar-refractivity contribution is 5.69. The monoisotopic (exact) mass is 282 g/mol. The van der Waals surface area contributed by atoms with E-state index in [-0.39, 0.29) is 13.4 Å². The molecular formula is C16H14N2O3. The number of ether oxygens (including phenoxy) is 2. The number of aryl methyl sites for hydroxylation is 1. The third-order valence-corrected chi connectivity index (χ3v) is 3.76. The summed E-state index contributed by atoms with van der Waals surface area (Å²) in [6, 6.07) is 9.62. The molecule has 0 spiro atoms. The molecule has 1 aromatic carbocycles. The van der Waals surface area contributed by atoms with Crippen molar-refractivity contribution in [2.75, 3.05) is 6.79 Å². The summed E-state index contributed by atoms with van der Waals surface area (Å²) in [6.45, 7) is 2.31. The molecule has 3 heterocycles. The first-order valence-corrected chi connectivity index (χ1v) is 6.75. The van der Waals surface area contributed by atoms with Gasteiger partial charge in [-0.2, -0.15) is 0 Å². The largest absolute Gasteiger partial charge is 0.454 e. The predicted molar refractivity (Wildman–Crippen MR) is 77.4 cm³/mol. The van der Waals surface area contributed by atoms with Crippen molar-refractivity contribution in [3.05, 3.63) is 47.8 Å². The van der Waals surface area contributed by atoms with Gasteiger partial charge in [-0.3, -0.25) is 0 Å². The number of hydrogen-bond acceptors (Lipinski definition) is 4. The van der Waals surface area contributed by atoms with E-state index in [2.05, 4.69) is 4.98 Å². The number of aliphatic hydroxyl groups excluding tert-OH is 1. The van der Waals surface area contributed by atoms with E-state index in [1.165, 1.54) is 0 Å². The molecule has 3 aromatic rings. The lowest BCUT2D eigenvalue weighted by Gasteiger charge is -2.02. The van der Waals surface area contributed by atoms with Crippen molar-refractivity contribution in [3.8, 4) is 22.8 Å². The van der Waals surface area contributed by atoms with Crippen LogP contribution in [0.2, 0.25) is 0 Å². The van der Waals surface area contributed by atoms with Crippen molar-refractivity contribution in [2.24, 2.45) is 0 Å². The molecule has 1 N–H and O–H groups in total. The zero-order valence-electron chi connectivity index (χ0n) is 11.5. The van der Waals surface area contributed by atoms with Crippen molar-refractivity contribution >= 4 is 5.65 Å². The molecule has 5 heteroatoms. The van der Waals surface area contributed by atoms with Gasteiger partial charge in [-0.1, -0.05) is 0 Å². The molecule has 0 radical (unpaired) electrons. The van der Waals surface area contributed by atoms with E-state index in [0.717, 1.165) is 39.7 Å². The van der Waals surface area contributed by atoms with E-state index >= 15 is 0 Å². The Morgan fingerprint density at radius 1 is 1.19 bits per heavy atom. The molecular weight excluding hydrogens is 268 g/mol. The number of hydrogen-bond donors (Lipinski definition) is 1. The highest BCUT2D eigenvalue weighted by Crippen LogP contribution is 2.36. The molecule has 4 rings (SSSR count). The fourth-order valence-corrected chi connectivity index (χ4v) is 2.63. The second kappa shape index (κ2) is 4.49. The normalized spacial score (nSPS) is 13.0. The lowest BCUT2D eigenvalue weighted by atomic mass is 10.1. The molecule has 0 aliphatic carbocycles. The minimum absolute atomic E-state index is 0.0156. The molecule has 2 aromatic heterocycles. The zero-order valence-corrected chi connectivity index (χ0v) is 11.5. The number of benzene rings is 1. The van der Waals surface area contributed by atoms with Crippen molar-refractivity contribution < 1.29 is 14.6 Å². The maximum absolute atomic E-state index is 9.23. The maximum atomic E-state index is 9.23. The van der Waals surface area contributed by atoms with Gasteiger partial charge in [0.25, 0.3) is 0 Å². The summed E-state index contributed by atoms with van der Waals surface area (Å²) < 4.78 is 12.8. The zero-order chi connectivity index (χ0) is 14.4. The van der Waals surface area contributed by atoms with Crippen LogP contribution in [0, 0.1) is 6.92 Å². The summed E-state index contributed by atoms with van der Waals surface area (Å²) in [6.07, 6.45) is 1.93. The maximum Gasteiger partial charge on any atom is 0.231 e. The summed E-state index contributed by atoms with van der Waals surface area (Å²) in [4.78, 5) is 4.67. The third kappa shape index (κ3) is 1.86. The molecule has 0 unspecified atom stereocenters. The quantitative estimate of drug-likeness (QED) is 0.784. The third-order valence-electron chi connectivity index (χ3n) is 3.76. The van der Waals surface area contributed by atoms with Crippen molar-refractivity contribution in [3.63, 3.8) is 0 Å². The van der Waals surface area contributed by atoms with Gasteiger partial charge < -0.3 is 19.0 Å². The van der Waals surface area contributed by atoms with E-state index in [1.807, 2.05) is 47.9 Å². The fraction of sp³-hybridized carbons (Fsp3) is 0.188. The molecule has 0 saturated heterocycles. The van der Waals surface area contributed by atoms with E-state index in [4.69, 9.17) is 9.47 Å². The standard InChI is InChI=1S/C16H14N2O3/c1-10-16(12-2-3-13-14(7-12)21-9-20-13)17-15-6-11(8-19)4-5-18(10)15/h2-7,19H,8-9H2,1H3. The van der Waals surface area contributed by atoms with E-state index in [0.29, 0.717) is 0 Å². The number of imidazole rings is 1. The Bertz CT molecular complexity index is 839. The van der Waals surface area contributed by atoms with Crippen LogP contribution in [0.1, 0.15) is 11.3 Å². The van der Waals surface area contributed by atoms with E-state index in [9.17, 15) is 5.11 Å². The second-order valence-electron chi connectivity index (χ2n) is 5.04. The molecule has 0 saturated carbocycles. The summed E-state index contributed by atoms with van der Waals surface area (Å²) in [5.41, 5.74) is 4.62. The van der Waals surface area contributed by atoms with E-state index < -0.39 is 0 Å². The number of aliphatic hydroxyl groups is 1. The van der Waals surface area contributed by atoms with Crippen LogP contribution in [0.5, 0.6) is 11.5 Å². The van der Waals surface area contributed by atoms with Gasteiger partial charge in [-0.25, -0.2) is 4.98 Å². The number of aromatic nitrogens is 2. The molecule has 1 aliphatic heterocycles. The van der Waals surface area contributed by atoms with Gasteiger partial charge in [0.15, 0.2) is 11.5 Å². The van der Waals surface area contributed by atoms with Crippen LogP contribution in [-0.4, -0.2) is 21.3 Å². The Hall–Kier alpha value is -2.53. The topological polar surface area (TPSA) is 56.0 Å². The summed E-state index contributed by atoms with van der Waals surface area (Å²) in [5, 5.41) is 9.23. The lowest BCUT2D eigenvalue weighted by Crippen LogP contribution is -1.92.